The van der Waals surface area contributed by atoms with E-state index in [0.717, 1.165) is 0 Å². The Balaban J connectivity index is 0.00000288. The predicted molar refractivity (Wildman–Crippen MR) is 82.8 cm³/mol. The van der Waals surface area contributed by atoms with Crippen molar-refractivity contribution < 1.29 is 23.0 Å². The molecule has 23 heavy (non-hydrogen) atoms. The van der Waals surface area contributed by atoms with Crippen molar-refractivity contribution in [3.63, 3.8) is 0 Å². The monoisotopic (exact) mass is 346 g/mol. The second kappa shape index (κ2) is 6.69. The van der Waals surface area contributed by atoms with Crippen molar-refractivity contribution in [1.29, 1.82) is 0 Å². The Morgan fingerprint density at radius 1 is 0.913 bits per heavy atom. The maximum atomic E-state index is 12.7. The molecule has 0 aliphatic carbocycles. The van der Waals surface area contributed by atoms with Crippen LogP contribution in [0.2, 0.25) is 0 Å². The van der Waals surface area contributed by atoms with Gasteiger partial charge in [0.15, 0.2) is 0 Å². The van der Waals surface area contributed by atoms with E-state index in [1.807, 2.05) is 0 Å². The molecule has 2 rings (SSSR count). The summed E-state index contributed by atoms with van der Waals surface area (Å²) >= 11 is 0. The first-order chi connectivity index (χ1) is 10.7. The maximum absolute atomic E-state index is 12.7. The van der Waals surface area contributed by atoms with Crippen LogP contribution in [0.3, 0.4) is 0 Å². The second-order valence-corrected chi connectivity index (χ2v) is 6.60. The van der Waals surface area contributed by atoms with Crippen molar-refractivity contribution in [2.24, 2.45) is 5.73 Å². The minimum absolute atomic E-state index is 0. The number of benzene rings is 2. The molecule has 0 spiro atoms. The van der Waals surface area contributed by atoms with E-state index >= 15 is 0 Å². The third kappa shape index (κ3) is 4.10. The van der Waals surface area contributed by atoms with Gasteiger partial charge in [-0.25, -0.2) is 8.42 Å². The van der Waals surface area contributed by atoms with Crippen LogP contribution in [0.4, 0.5) is 13.2 Å². The molecule has 2 atom stereocenters. The fourth-order valence-electron chi connectivity index (χ4n) is 2.11. The summed E-state index contributed by atoms with van der Waals surface area (Å²) in [5, 5.41) is 0. The molecule has 126 valence electrons. The summed E-state index contributed by atoms with van der Waals surface area (Å²) in [7, 11) is -5.53. The van der Waals surface area contributed by atoms with Gasteiger partial charge in [0, 0.05) is 1.43 Å². The average molecular weight is 346 g/mol. The van der Waals surface area contributed by atoms with Gasteiger partial charge in [0.05, 0.1) is 12.1 Å². The van der Waals surface area contributed by atoms with Crippen LogP contribution in [-0.2, 0) is 10.0 Å². The number of nitrogens with two attached hydrogens (primary N) is 1. The number of hydrogen-bond acceptors (Lipinski definition) is 3. The highest BCUT2D eigenvalue weighted by atomic mass is 32.2. The summed E-state index contributed by atoms with van der Waals surface area (Å²) in [6, 6.07) is 14.0. The molecule has 0 radical (unpaired) electrons. The third-order valence-corrected chi connectivity index (χ3v) is 4.46. The van der Waals surface area contributed by atoms with E-state index in [1.54, 1.807) is 53.3 Å². The van der Waals surface area contributed by atoms with Crippen LogP contribution < -0.4 is 10.5 Å². The van der Waals surface area contributed by atoms with E-state index in [1.165, 1.54) is 12.1 Å². The molecule has 0 bridgehead atoms. The summed E-state index contributed by atoms with van der Waals surface area (Å²) < 4.78 is 62.7. The summed E-state index contributed by atoms with van der Waals surface area (Å²) in [4.78, 5) is 0. The van der Waals surface area contributed by atoms with Crippen LogP contribution >= 0.6 is 0 Å². The van der Waals surface area contributed by atoms with E-state index < -0.39 is 27.6 Å². The number of nitrogens with one attached hydrogen (secondary N) is 1. The van der Waals surface area contributed by atoms with Crippen LogP contribution in [-0.4, -0.2) is 13.9 Å². The molecule has 4 nitrogen and oxygen atoms in total. The summed E-state index contributed by atoms with van der Waals surface area (Å²) in [5.74, 6) is 0. The molecular weight excluding hydrogens is 329 g/mol. The molecule has 8 heteroatoms. The van der Waals surface area contributed by atoms with Crippen LogP contribution in [0.1, 0.15) is 24.6 Å². The minimum atomic E-state index is -5.53. The van der Waals surface area contributed by atoms with Crippen molar-refractivity contribution >= 4 is 10.0 Å². The van der Waals surface area contributed by atoms with E-state index in [9.17, 15) is 21.6 Å². The first-order valence-corrected chi connectivity index (χ1v) is 8.15. The van der Waals surface area contributed by atoms with Gasteiger partial charge in [-0.2, -0.15) is 17.9 Å². The Morgan fingerprint density at radius 2 is 1.35 bits per heavy atom. The Bertz CT molecular complexity index is 740. The van der Waals surface area contributed by atoms with Gasteiger partial charge in [-0.1, -0.05) is 60.7 Å². The van der Waals surface area contributed by atoms with Crippen LogP contribution in [0.15, 0.2) is 60.7 Å². The molecule has 0 aliphatic rings. The lowest BCUT2D eigenvalue weighted by atomic mass is 9.95. The summed E-state index contributed by atoms with van der Waals surface area (Å²) in [5.41, 5.74) is 1.48. The van der Waals surface area contributed by atoms with Crippen LogP contribution in [0.25, 0.3) is 0 Å². The van der Waals surface area contributed by atoms with Gasteiger partial charge in [-0.05, 0) is 11.1 Å². The molecule has 2 aromatic carbocycles. The Morgan fingerprint density at radius 3 is 1.78 bits per heavy atom. The fourth-order valence-corrected chi connectivity index (χ4v) is 2.86. The van der Waals surface area contributed by atoms with Gasteiger partial charge in [0.1, 0.15) is 0 Å². The van der Waals surface area contributed by atoms with Crippen molar-refractivity contribution in [3.8, 4) is 0 Å². The molecule has 0 aliphatic heterocycles. The highest BCUT2D eigenvalue weighted by molar-refractivity contribution is 7.90. The highest BCUT2D eigenvalue weighted by Crippen LogP contribution is 2.31. The van der Waals surface area contributed by atoms with Crippen molar-refractivity contribution in [3.05, 3.63) is 71.8 Å². The number of rotatable bonds is 5. The SMILES string of the molecule is N[C@@H](c1ccccc1)[C@@H](NS(=O)(=O)C(F)(F)F)c1ccccc1.[HH]. The molecule has 0 unspecified atom stereocenters. The normalized spacial score (nSPS) is 15.1. The molecule has 0 heterocycles. The zero-order chi connectivity index (χ0) is 17.1. The first-order valence-electron chi connectivity index (χ1n) is 6.66. The van der Waals surface area contributed by atoms with Crippen LogP contribution in [0, 0.1) is 0 Å². The number of sulfonamides is 1. The average Bonchev–Trinajstić information content (AvgIpc) is 2.52. The van der Waals surface area contributed by atoms with Gasteiger partial charge in [-0.3, -0.25) is 0 Å². The first kappa shape index (κ1) is 17.5. The quantitative estimate of drug-likeness (QED) is 0.874. The van der Waals surface area contributed by atoms with E-state index in [4.69, 9.17) is 5.73 Å². The smallest absolute Gasteiger partial charge is 0.322 e. The lowest BCUT2D eigenvalue weighted by Gasteiger charge is -2.26. The van der Waals surface area contributed by atoms with E-state index in [-0.39, 0.29) is 1.43 Å². The van der Waals surface area contributed by atoms with Gasteiger partial charge in [-0.15, -0.1) is 0 Å². The second-order valence-electron chi connectivity index (χ2n) is 4.89. The maximum Gasteiger partial charge on any atom is 0.511 e. The lowest BCUT2D eigenvalue weighted by Crippen LogP contribution is -2.42. The number of alkyl halides is 3. The Labute approximate surface area is 133 Å². The van der Waals surface area contributed by atoms with Crippen molar-refractivity contribution in [1.82, 2.24) is 4.72 Å². The van der Waals surface area contributed by atoms with E-state index in [0.29, 0.717) is 11.1 Å². The molecule has 0 saturated heterocycles. The van der Waals surface area contributed by atoms with Crippen LogP contribution in [0.5, 0.6) is 0 Å². The Kier molecular flexibility index (Phi) is 5.08. The fraction of sp³-hybridized carbons (Fsp3) is 0.200. The zero-order valence-electron chi connectivity index (χ0n) is 11.9. The van der Waals surface area contributed by atoms with Gasteiger partial charge in [0.2, 0.25) is 0 Å². The summed E-state index contributed by atoms with van der Waals surface area (Å²) in [6.07, 6.45) is 0. The van der Waals surface area contributed by atoms with Gasteiger partial charge >= 0.3 is 15.5 Å². The standard InChI is InChI=1S/C15H15F3N2O2S.H2/c16-15(17,18)23(21,22)20-14(12-9-5-2-6-10-12)13(19)11-7-3-1-4-8-11;/h1-10,13-14,20H,19H2;1H/t13-,14-;/m0./s1. The van der Waals surface area contributed by atoms with E-state index in [2.05, 4.69) is 0 Å². The molecular formula is C15H17F3N2O2S. The highest BCUT2D eigenvalue weighted by Gasteiger charge is 2.47. The number of halogens is 3. The summed E-state index contributed by atoms with van der Waals surface area (Å²) in [6.45, 7) is 0. The molecule has 0 fully saturated rings. The molecule has 0 aromatic heterocycles. The van der Waals surface area contributed by atoms with Crippen molar-refractivity contribution in [2.45, 2.75) is 17.6 Å². The molecule has 2 aromatic rings. The van der Waals surface area contributed by atoms with Gasteiger partial charge in [0.25, 0.3) is 0 Å². The molecule has 0 amide bonds. The topological polar surface area (TPSA) is 72.2 Å². The van der Waals surface area contributed by atoms with Gasteiger partial charge < -0.3 is 5.73 Å². The molecule has 3 N–H and O–H groups in total. The number of hydrogen-bond donors (Lipinski definition) is 2. The lowest BCUT2D eigenvalue weighted by molar-refractivity contribution is -0.0451. The zero-order valence-corrected chi connectivity index (χ0v) is 12.7. The predicted octanol–water partition coefficient (Wildman–Crippen LogP) is 3.11. The largest absolute Gasteiger partial charge is 0.511 e. The van der Waals surface area contributed by atoms with Crippen molar-refractivity contribution in [2.75, 3.05) is 0 Å². The third-order valence-electron chi connectivity index (χ3n) is 3.29. The Hall–Kier alpha value is -1.90. The minimum Gasteiger partial charge on any atom is -0.322 e. The molecule has 0 saturated carbocycles.